The Morgan fingerprint density at radius 3 is 2.50 bits per heavy atom. The summed E-state index contributed by atoms with van der Waals surface area (Å²) >= 11 is 0. The summed E-state index contributed by atoms with van der Waals surface area (Å²) in [6.07, 6.45) is 4.00. The molecule has 6 nitrogen and oxygen atoms in total. The molecular formula is C17H29ClN4O2. The molecule has 7 heteroatoms. The second kappa shape index (κ2) is 8.12. The number of carbonyl (C=O) groups excluding carboxylic acids is 1. The van der Waals surface area contributed by atoms with Crippen LogP contribution in [-0.2, 0) is 0 Å². The molecule has 136 valence electrons. The zero-order valence-electron chi connectivity index (χ0n) is 15.2. The first-order chi connectivity index (χ1) is 10.7. The van der Waals surface area contributed by atoms with E-state index >= 15 is 0 Å². The molecule has 0 radical (unpaired) electrons. The highest BCUT2D eigenvalue weighted by molar-refractivity contribution is 5.92. The van der Waals surface area contributed by atoms with Crippen molar-refractivity contribution < 1.29 is 9.53 Å². The van der Waals surface area contributed by atoms with Crippen LogP contribution in [0.25, 0.3) is 0 Å². The molecule has 0 aromatic carbocycles. The summed E-state index contributed by atoms with van der Waals surface area (Å²) in [5.41, 5.74) is 6.76. The first-order valence-electron chi connectivity index (χ1n) is 8.19. The van der Waals surface area contributed by atoms with E-state index in [1.165, 1.54) is 12.4 Å². The maximum absolute atomic E-state index is 12.6. The molecule has 2 heterocycles. The average Bonchev–Trinajstić information content (AvgIpc) is 2.77. The second-order valence-electron chi connectivity index (χ2n) is 7.81. The van der Waals surface area contributed by atoms with Gasteiger partial charge in [-0.25, -0.2) is 9.97 Å². The summed E-state index contributed by atoms with van der Waals surface area (Å²) in [4.78, 5) is 22.7. The number of hydrogen-bond donors (Lipinski definition) is 1. The number of aromatic nitrogens is 2. The number of halogens is 1. The topological polar surface area (TPSA) is 81.3 Å². The SMILES string of the molecule is CC(C)Oc1cnc(C(=O)N2C[C@@H](CC(C)(C)C)[C@H](N)C2)cn1.Cl. The van der Waals surface area contributed by atoms with Crippen molar-refractivity contribution in [2.45, 2.75) is 53.2 Å². The van der Waals surface area contributed by atoms with Crippen molar-refractivity contribution >= 4 is 18.3 Å². The molecule has 1 fully saturated rings. The standard InChI is InChI=1S/C17H28N4O2.ClH/c1-11(2)23-15-8-19-14(7-20-15)16(22)21-9-12(13(18)10-21)6-17(3,4)5;/h7-8,11-13H,6,9-10,18H2,1-5H3;1H/t12-,13-;/m1./s1. The third-order valence-corrected chi connectivity index (χ3v) is 3.86. The molecule has 24 heavy (non-hydrogen) atoms. The molecular weight excluding hydrogens is 328 g/mol. The number of ether oxygens (including phenoxy) is 1. The molecule has 1 aliphatic heterocycles. The van der Waals surface area contributed by atoms with Crippen LogP contribution >= 0.6 is 12.4 Å². The highest BCUT2D eigenvalue weighted by atomic mass is 35.5. The monoisotopic (exact) mass is 356 g/mol. The van der Waals surface area contributed by atoms with Crippen LogP contribution in [0.5, 0.6) is 5.88 Å². The molecule has 0 aliphatic carbocycles. The lowest BCUT2D eigenvalue weighted by molar-refractivity contribution is 0.0776. The minimum Gasteiger partial charge on any atom is -0.474 e. The molecule has 2 N–H and O–H groups in total. The van der Waals surface area contributed by atoms with Gasteiger partial charge in [0.2, 0.25) is 5.88 Å². The van der Waals surface area contributed by atoms with Gasteiger partial charge in [-0.1, -0.05) is 20.8 Å². The van der Waals surface area contributed by atoms with Gasteiger partial charge in [0.15, 0.2) is 0 Å². The van der Waals surface area contributed by atoms with E-state index in [4.69, 9.17) is 10.5 Å². The van der Waals surface area contributed by atoms with Crippen LogP contribution in [0, 0.1) is 11.3 Å². The summed E-state index contributed by atoms with van der Waals surface area (Å²) < 4.78 is 5.44. The predicted octanol–water partition coefficient (Wildman–Crippen LogP) is 2.52. The lowest BCUT2D eigenvalue weighted by atomic mass is 9.83. The Labute approximate surface area is 150 Å². The highest BCUT2D eigenvalue weighted by Gasteiger charge is 2.35. The van der Waals surface area contributed by atoms with Crippen molar-refractivity contribution in [1.82, 2.24) is 14.9 Å². The van der Waals surface area contributed by atoms with Gasteiger partial charge in [-0.3, -0.25) is 4.79 Å². The fraction of sp³-hybridized carbons (Fsp3) is 0.706. The molecule has 0 spiro atoms. The fourth-order valence-corrected chi connectivity index (χ4v) is 2.96. The molecule has 1 aliphatic rings. The number of nitrogens with zero attached hydrogens (tertiary/aromatic N) is 3. The van der Waals surface area contributed by atoms with Crippen molar-refractivity contribution in [3.8, 4) is 5.88 Å². The van der Waals surface area contributed by atoms with Crippen LogP contribution < -0.4 is 10.5 Å². The van der Waals surface area contributed by atoms with E-state index < -0.39 is 0 Å². The molecule has 0 unspecified atom stereocenters. The van der Waals surface area contributed by atoms with Crippen LogP contribution in [0.1, 0.15) is 51.5 Å². The number of rotatable bonds is 4. The normalized spacial score (nSPS) is 20.9. The van der Waals surface area contributed by atoms with Gasteiger partial charge in [-0.15, -0.1) is 12.4 Å². The van der Waals surface area contributed by atoms with Crippen LogP contribution in [0.4, 0.5) is 0 Å². The van der Waals surface area contributed by atoms with Crippen molar-refractivity contribution in [2.75, 3.05) is 13.1 Å². The Hall–Kier alpha value is -1.40. The van der Waals surface area contributed by atoms with Crippen molar-refractivity contribution in [3.63, 3.8) is 0 Å². The van der Waals surface area contributed by atoms with E-state index in [9.17, 15) is 4.79 Å². The van der Waals surface area contributed by atoms with Crippen LogP contribution in [-0.4, -0.2) is 46.0 Å². The summed E-state index contributed by atoms with van der Waals surface area (Å²) in [7, 11) is 0. The second-order valence-corrected chi connectivity index (χ2v) is 7.81. The Bertz CT molecular complexity index is 543. The maximum Gasteiger partial charge on any atom is 0.274 e. The number of likely N-dealkylation sites (tertiary alicyclic amines) is 1. The van der Waals surface area contributed by atoms with Crippen LogP contribution in [0.3, 0.4) is 0 Å². The van der Waals surface area contributed by atoms with Crippen LogP contribution in [0.15, 0.2) is 12.4 Å². The third-order valence-electron chi connectivity index (χ3n) is 3.86. The third kappa shape index (κ3) is 5.60. The number of carbonyl (C=O) groups is 1. The molecule has 0 bridgehead atoms. The van der Waals surface area contributed by atoms with Gasteiger partial charge in [0.1, 0.15) is 5.69 Å². The van der Waals surface area contributed by atoms with E-state index in [1.54, 1.807) is 4.90 Å². The highest BCUT2D eigenvalue weighted by Crippen LogP contribution is 2.30. The molecule has 2 rings (SSSR count). The summed E-state index contributed by atoms with van der Waals surface area (Å²) in [5, 5.41) is 0. The minimum absolute atomic E-state index is 0. The van der Waals surface area contributed by atoms with Gasteiger partial charge in [0, 0.05) is 19.1 Å². The quantitative estimate of drug-likeness (QED) is 0.896. The molecule has 1 saturated heterocycles. The maximum atomic E-state index is 12.6. The number of amides is 1. The first kappa shape index (κ1) is 20.6. The first-order valence-corrected chi connectivity index (χ1v) is 8.19. The van der Waals surface area contributed by atoms with Gasteiger partial charge < -0.3 is 15.4 Å². The predicted molar refractivity (Wildman–Crippen MR) is 96.5 cm³/mol. The molecule has 1 amide bonds. The van der Waals surface area contributed by atoms with E-state index in [1.807, 2.05) is 13.8 Å². The van der Waals surface area contributed by atoms with Gasteiger partial charge in [-0.2, -0.15) is 0 Å². The van der Waals surface area contributed by atoms with Gasteiger partial charge in [-0.05, 0) is 31.6 Å². The smallest absolute Gasteiger partial charge is 0.274 e. The lowest BCUT2D eigenvalue weighted by Crippen LogP contribution is -2.33. The average molecular weight is 357 g/mol. The van der Waals surface area contributed by atoms with Gasteiger partial charge in [0.05, 0.1) is 18.5 Å². The molecule has 1 aromatic heterocycles. The molecule has 1 aromatic rings. The van der Waals surface area contributed by atoms with E-state index in [-0.39, 0.29) is 35.9 Å². The minimum atomic E-state index is -0.111. The summed E-state index contributed by atoms with van der Waals surface area (Å²) in [6.45, 7) is 11.7. The Kier molecular flexibility index (Phi) is 6.98. The largest absolute Gasteiger partial charge is 0.474 e. The molecule has 0 saturated carbocycles. The van der Waals surface area contributed by atoms with Gasteiger partial charge in [0.25, 0.3) is 5.91 Å². The Balaban J connectivity index is 0.00000288. The Morgan fingerprint density at radius 2 is 2.00 bits per heavy atom. The lowest BCUT2D eigenvalue weighted by Gasteiger charge is -2.24. The van der Waals surface area contributed by atoms with E-state index in [0.717, 1.165) is 6.42 Å². The summed E-state index contributed by atoms with van der Waals surface area (Å²) in [5.74, 6) is 0.649. The van der Waals surface area contributed by atoms with Crippen LogP contribution in [0.2, 0.25) is 0 Å². The van der Waals surface area contributed by atoms with Crippen molar-refractivity contribution in [2.24, 2.45) is 17.1 Å². The summed E-state index contributed by atoms with van der Waals surface area (Å²) in [6, 6.07) is 0.0229. The zero-order valence-corrected chi connectivity index (χ0v) is 16.0. The Morgan fingerprint density at radius 1 is 1.33 bits per heavy atom. The molecule has 2 atom stereocenters. The number of nitrogens with two attached hydrogens (primary N) is 1. The van der Waals surface area contributed by atoms with E-state index in [2.05, 4.69) is 30.7 Å². The van der Waals surface area contributed by atoms with E-state index in [0.29, 0.717) is 30.6 Å². The fourth-order valence-electron chi connectivity index (χ4n) is 2.96. The van der Waals surface area contributed by atoms with Crippen molar-refractivity contribution in [3.05, 3.63) is 18.1 Å². The number of hydrogen-bond acceptors (Lipinski definition) is 5. The van der Waals surface area contributed by atoms with Crippen molar-refractivity contribution in [1.29, 1.82) is 0 Å². The zero-order chi connectivity index (χ0) is 17.2. The van der Waals surface area contributed by atoms with Gasteiger partial charge >= 0.3 is 0 Å².